The molecule has 4 N–H and O–H groups in total. The number of nitrogens with one attached hydrogen (secondary N) is 2. The number of amidine groups is 1. The molecule has 3 aliphatic rings. The summed E-state index contributed by atoms with van der Waals surface area (Å²) in [6, 6.07) is 2.34. The van der Waals surface area contributed by atoms with Crippen molar-refractivity contribution in [2.45, 2.75) is 19.0 Å². The van der Waals surface area contributed by atoms with Gasteiger partial charge in [0, 0.05) is 19.3 Å². The van der Waals surface area contributed by atoms with E-state index in [1.54, 1.807) is 0 Å². The number of aliphatic imine (C=N–C) groups is 2. The van der Waals surface area contributed by atoms with E-state index in [0.29, 0.717) is 6.54 Å². The Bertz CT molecular complexity index is 484. The molecule has 2 atom stereocenters. The van der Waals surface area contributed by atoms with Crippen molar-refractivity contribution >= 4 is 11.8 Å². The molecule has 7 heteroatoms. The van der Waals surface area contributed by atoms with Crippen molar-refractivity contribution in [2.24, 2.45) is 21.6 Å². The van der Waals surface area contributed by atoms with Crippen LogP contribution in [0.1, 0.15) is 12.8 Å². The molecule has 0 bridgehead atoms. The van der Waals surface area contributed by atoms with Gasteiger partial charge in [0.05, 0.1) is 17.6 Å². The molecule has 3 rings (SSSR count). The number of hydrogen-bond acceptors (Lipinski definition) is 7. The highest BCUT2D eigenvalue weighted by Gasteiger charge is 2.32. The summed E-state index contributed by atoms with van der Waals surface area (Å²) in [5.41, 5.74) is 12.7. The van der Waals surface area contributed by atoms with Crippen LogP contribution in [0.5, 0.6) is 0 Å². The molecule has 7 nitrogen and oxygen atoms in total. The number of hydrogen-bond donors (Lipinski definition) is 3. The molecule has 2 unspecified atom stereocenters. The highest BCUT2D eigenvalue weighted by Crippen LogP contribution is 2.22. The number of hydrazine groups is 1. The number of nitrogens with two attached hydrogens (primary N) is 1. The molecule has 3 heterocycles. The fourth-order valence-corrected chi connectivity index (χ4v) is 2.51. The Labute approximate surface area is 105 Å². The van der Waals surface area contributed by atoms with Crippen molar-refractivity contribution < 1.29 is 0 Å². The summed E-state index contributed by atoms with van der Waals surface area (Å²) in [6.07, 6.45) is 3.66. The van der Waals surface area contributed by atoms with Crippen LogP contribution >= 0.6 is 0 Å². The first-order valence-corrected chi connectivity index (χ1v) is 6.06. The largest absolute Gasteiger partial charge is 0.368 e. The zero-order chi connectivity index (χ0) is 12.5. The van der Waals surface area contributed by atoms with Crippen molar-refractivity contribution in [2.75, 3.05) is 13.1 Å². The van der Waals surface area contributed by atoms with Crippen LogP contribution in [0.2, 0.25) is 0 Å². The zero-order valence-electron chi connectivity index (χ0n) is 9.93. The van der Waals surface area contributed by atoms with Crippen molar-refractivity contribution in [3.8, 4) is 6.07 Å². The van der Waals surface area contributed by atoms with Gasteiger partial charge in [-0.3, -0.25) is 0 Å². The summed E-state index contributed by atoms with van der Waals surface area (Å²) in [6.45, 7) is 1.63. The Morgan fingerprint density at radius 2 is 2.44 bits per heavy atom. The van der Waals surface area contributed by atoms with Gasteiger partial charge in [-0.1, -0.05) is 0 Å². The number of fused-ring (bicyclic) bond motifs is 1. The minimum Gasteiger partial charge on any atom is -0.368 e. The Morgan fingerprint density at radius 1 is 1.56 bits per heavy atom. The molecule has 1 saturated heterocycles. The molecule has 1 fully saturated rings. The summed E-state index contributed by atoms with van der Waals surface area (Å²) in [5.74, 6) is 1.19. The van der Waals surface area contributed by atoms with E-state index in [9.17, 15) is 0 Å². The Morgan fingerprint density at radius 3 is 3.28 bits per heavy atom. The van der Waals surface area contributed by atoms with Gasteiger partial charge in [0.15, 0.2) is 6.17 Å². The highest BCUT2D eigenvalue weighted by atomic mass is 15.4. The normalized spacial score (nSPS) is 30.6. The first-order valence-electron chi connectivity index (χ1n) is 6.06. The number of likely N-dealkylation sites (tertiary alicyclic amines) is 1. The molecule has 3 aliphatic heterocycles. The number of nitrogens with zero attached hydrogens (tertiary/aromatic N) is 4. The quantitative estimate of drug-likeness (QED) is 0.522. The van der Waals surface area contributed by atoms with Gasteiger partial charge in [0.1, 0.15) is 5.84 Å². The van der Waals surface area contributed by atoms with Gasteiger partial charge in [-0.2, -0.15) is 10.3 Å². The Balaban J connectivity index is 1.86. The standard InChI is InChI=1S/C11H15N7/c12-4-7-2-1-3-18(6-7)10-8-5-14-17-9(8)15-11(13)16-10/h5,7,9,14,17H,1-3,6H2,(H2,13,15). The number of guanidine groups is 1. The molecule has 0 radical (unpaired) electrons. The molecule has 18 heavy (non-hydrogen) atoms. The van der Waals surface area contributed by atoms with Crippen LogP contribution in [0.15, 0.2) is 21.8 Å². The predicted octanol–water partition coefficient (Wildman–Crippen LogP) is -0.733. The SMILES string of the molecule is N#CC1CCCN(C2=NC(N)=NC3NNC=C23)C1. The molecule has 0 saturated carbocycles. The van der Waals surface area contributed by atoms with E-state index in [4.69, 9.17) is 11.0 Å². The van der Waals surface area contributed by atoms with E-state index < -0.39 is 0 Å². The maximum atomic E-state index is 9.04. The summed E-state index contributed by atoms with van der Waals surface area (Å²) < 4.78 is 0. The molecule has 0 amide bonds. The molecule has 94 valence electrons. The van der Waals surface area contributed by atoms with Crippen LogP contribution < -0.4 is 16.6 Å². The molecule has 0 spiro atoms. The van der Waals surface area contributed by atoms with Crippen molar-refractivity contribution in [1.82, 2.24) is 15.8 Å². The lowest BCUT2D eigenvalue weighted by molar-refractivity contribution is 0.296. The summed E-state index contributed by atoms with van der Waals surface area (Å²) in [4.78, 5) is 10.7. The summed E-state index contributed by atoms with van der Waals surface area (Å²) in [5, 5.41) is 9.04. The third kappa shape index (κ3) is 1.80. The third-order valence-corrected chi connectivity index (χ3v) is 3.39. The van der Waals surface area contributed by atoms with Crippen molar-refractivity contribution in [1.29, 1.82) is 5.26 Å². The summed E-state index contributed by atoms with van der Waals surface area (Å²) in [7, 11) is 0. The van der Waals surface area contributed by atoms with Gasteiger partial charge in [-0.15, -0.1) is 0 Å². The third-order valence-electron chi connectivity index (χ3n) is 3.39. The fourth-order valence-electron chi connectivity index (χ4n) is 2.51. The Hall–Kier alpha value is -2.07. The molecule has 0 aliphatic carbocycles. The second-order valence-electron chi connectivity index (χ2n) is 4.63. The van der Waals surface area contributed by atoms with Gasteiger partial charge < -0.3 is 16.1 Å². The van der Waals surface area contributed by atoms with Gasteiger partial charge in [0.25, 0.3) is 0 Å². The average molecular weight is 245 g/mol. The summed E-state index contributed by atoms with van der Waals surface area (Å²) >= 11 is 0. The van der Waals surface area contributed by atoms with E-state index in [0.717, 1.165) is 30.8 Å². The predicted molar refractivity (Wildman–Crippen MR) is 67.1 cm³/mol. The van der Waals surface area contributed by atoms with Crippen LogP contribution in [0.4, 0.5) is 0 Å². The van der Waals surface area contributed by atoms with Crippen LogP contribution in [-0.4, -0.2) is 36.0 Å². The average Bonchev–Trinajstić information content (AvgIpc) is 2.85. The van der Waals surface area contributed by atoms with Crippen LogP contribution in [0.3, 0.4) is 0 Å². The molecule has 0 aromatic heterocycles. The highest BCUT2D eigenvalue weighted by molar-refractivity contribution is 6.08. The monoisotopic (exact) mass is 245 g/mol. The molecular weight excluding hydrogens is 230 g/mol. The Kier molecular flexibility index (Phi) is 2.64. The second-order valence-corrected chi connectivity index (χ2v) is 4.63. The van der Waals surface area contributed by atoms with Gasteiger partial charge in [-0.25, -0.2) is 10.4 Å². The van der Waals surface area contributed by atoms with Crippen LogP contribution in [0.25, 0.3) is 0 Å². The molecular formula is C11H15N7. The first-order chi connectivity index (χ1) is 8.78. The minimum atomic E-state index is -0.167. The van der Waals surface area contributed by atoms with Gasteiger partial charge in [-0.05, 0) is 12.8 Å². The molecule has 0 aromatic rings. The van der Waals surface area contributed by atoms with E-state index in [1.807, 2.05) is 6.20 Å². The minimum absolute atomic E-state index is 0.0721. The maximum absolute atomic E-state index is 9.04. The second kappa shape index (κ2) is 4.31. The smallest absolute Gasteiger partial charge is 0.219 e. The van der Waals surface area contributed by atoms with Gasteiger partial charge >= 0.3 is 0 Å². The lowest BCUT2D eigenvalue weighted by Gasteiger charge is -2.34. The van der Waals surface area contributed by atoms with E-state index in [1.165, 1.54) is 0 Å². The number of nitriles is 1. The lowest BCUT2D eigenvalue weighted by Crippen LogP contribution is -2.45. The van der Waals surface area contributed by atoms with Crippen LogP contribution in [0, 0.1) is 17.2 Å². The first kappa shape index (κ1) is 11.0. The van der Waals surface area contributed by atoms with E-state index in [2.05, 4.69) is 31.8 Å². The van der Waals surface area contributed by atoms with E-state index in [-0.39, 0.29) is 18.0 Å². The van der Waals surface area contributed by atoms with Crippen molar-refractivity contribution in [3.05, 3.63) is 11.8 Å². The number of rotatable bonds is 0. The molecule has 0 aromatic carbocycles. The lowest BCUT2D eigenvalue weighted by atomic mass is 9.98. The topological polar surface area (TPSA) is 102 Å². The number of piperidine rings is 1. The van der Waals surface area contributed by atoms with E-state index >= 15 is 0 Å². The maximum Gasteiger partial charge on any atom is 0.219 e. The zero-order valence-corrected chi connectivity index (χ0v) is 9.93. The fraction of sp³-hybridized carbons (Fsp3) is 0.545. The van der Waals surface area contributed by atoms with Gasteiger partial charge in [0.2, 0.25) is 5.96 Å². The van der Waals surface area contributed by atoms with Crippen molar-refractivity contribution in [3.63, 3.8) is 0 Å². The van der Waals surface area contributed by atoms with Crippen LogP contribution in [-0.2, 0) is 0 Å².